The van der Waals surface area contributed by atoms with Crippen molar-refractivity contribution in [2.75, 3.05) is 51.0 Å². The first-order valence-electron chi connectivity index (χ1n) is 18.0. The number of fused-ring (bicyclic) bond motifs is 1. The Morgan fingerprint density at radius 3 is 2.34 bits per heavy atom. The Bertz CT molecular complexity index is 1970. The zero-order chi connectivity index (χ0) is 38.5. The van der Waals surface area contributed by atoms with E-state index >= 15 is 0 Å². The van der Waals surface area contributed by atoms with Gasteiger partial charge in [0.1, 0.15) is 28.8 Å². The van der Waals surface area contributed by atoms with Gasteiger partial charge in [-0.1, -0.05) is 69.1 Å². The summed E-state index contributed by atoms with van der Waals surface area (Å²) in [6.45, 7) is 12.6. The number of aromatic nitrogens is 3. The Balaban J connectivity index is 1.65. The summed E-state index contributed by atoms with van der Waals surface area (Å²) in [5.41, 5.74) is 2.21. The smallest absolute Gasteiger partial charge is 0.265 e. The number of aryl methyl sites for hydroxylation is 2. The first-order valence-corrected chi connectivity index (χ1v) is 18.8. The lowest BCUT2D eigenvalue weighted by atomic mass is 10.0. The Hall–Kier alpha value is -4.63. The maximum absolute atomic E-state index is 14.4. The number of anilines is 2. The normalized spacial score (nSPS) is 11.6. The van der Waals surface area contributed by atoms with Crippen molar-refractivity contribution in [2.45, 2.75) is 66.3 Å². The topological polar surface area (TPSA) is 134 Å². The predicted octanol–water partition coefficient (Wildman–Crippen LogP) is 8.38. The van der Waals surface area contributed by atoms with E-state index in [2.05, 4.69) is 48.2 Å². The van der Waals surface area contributed by atoms with Gasteiger partial charge in [-0.15, -0.1) is 0 Å². The molecule has 0 radical (unpaired) electrons. The molecule has 0 aliphatic rings. The zero-order valence-electron chi connectivity index (χ0n) is 31.4. The van der Waals surface area contributed by atoms with Gasteiger partial charge in [0, 0.05) is 42.0 Å². The van der Waals surface area contributed by atoms with Crippen LogP contribution in [0.5, 0.6) is 11.5 Å². The minimum absolute atomic E-state index is 0.0882. The van der Waals surface area contributed by atoms with E-state index in [9.17, 15) is 14.9 Å². The standard InChI is InChI=1S/C40H49Cl2N7O4/c1-7-48(8-2)20-10-9-19-44-40-45-25-29-22-31(34-35(41)32(52-5)23-33(53-6)36(34)42)39(51)49(37(29)47-40)21-18-27-14-16-30(17-15-27)46-38(50)28(24-43)13-11-12-26(3)4/h13-17,22-23,25-26H,7-12,18-21H2,1-6H3,(H,46,50)(H,44,45,47)/b28-13+. The molecule has 4 aromatic rings. The number of hydrogen-bond acceptors (Lipinski definition) is 9. The Morgan fingerprint density at radius 1 is 1.06 bits per heavy atom. The summed E-state index contributed by atoms with van der Waals surface area (Å²) in [5.74, 6) is 1.08. The number of halogens is 2. The molecule has 53 heavy (non-hydrogen) atoms. The van der Waals surface area contributed by atoms with Crippen LogP contribution in [-0.4, -0.2) is 65.7 Å². The van der Waals surface area contributed by atoms with E-state index in [1.54, 1.807) is 41.1 Å². The van der Waals surface area contributed by atoms with Gasteiger partial charge in [-0.25, -0.2) is 4.98 Å². The molecule has 2 heterocycles. The van der Waals surface area contributed by atoms with Gasteiger partial charge < -0.3 is 25.0 Å². The summed E-state index contributed by atoms with van der Waals surface area (Å²) in [6.07, 6.45) is 7.37. The van der Waals surface area contributed by atoms with Crippen molar-refractivity contribution in [3.8, 4) is 28.7 Å². The molecular formula is C40H49Cl2N7O4. The van der Waals surface area contributed by atoms with E-state index in [-0.39, 0.29) is 38.8 Å². The van der Waals surface area contributed by atoms with Gasteiger partial charge in [-0.2, -0.15) is 10.2 Å². The molecular weight excluding hydrogens is 713 g/mol. The maximum atomic E-state index is 14.4. The van der Waals surface area contributed by atoms with E-state index < -0.39 is 5.91 Å². The minimum Gasteiger partial charge on any atom is -0.495 e. The minimum atomic E-state index is -0.446. The lowest BCUT2D eigenvalue weighted by Gasteiger charge is -2.18. The third-order valence-corrected chi connectivity index (χ3v) is 9.79. The average Bonchev–Trinajstić information content (AvgIpc) is 3.15. The number of pyridine rings is 1. The Labute approximate surface area is 321 Å². The molecule has 0 unspecified atom stereocenters. The second-order valence-corrected chi connectivity index (χ2v) is 13.8. The summed E-state index contributed by atoms with van der Waals surface area (Å²) >= 11 is 13.6. The number of benzene rings is 2. The van der Waals surface area contributed by atoms with E-state index in [1.165, 1.54) is 14.2 Å². The first-order chi connectivity index (χ1) is 25.5. The maximum Gasteiger partial charge on any atom is 0.265 e. The molecule has 0 fully saturated rings. The molecule has 0 saturated heterocycles. The van der Waals surface area contributed by atoms with E-state index in [0.29, 0.717) is 59.5 Å². The van der Waals surface area contributed by atoms with Crippen LogP contribution in [0.3, 0.4) is 0 Å². The molecule has 282 valence electrons. The second-order valence-electron chi connectivity index (χ2n) is 13.0. The number of unbranched alkanes of at least 4 members (excludes halogenated alkanes) is 1. The molecule has 1 amide bonds. The van der Waals surface area contributed by atoms with E-state index in [1.807, 2.05) is 18.2 Å². The molecule has 2 N–H and O–H groups in total. The average molecular weight is 763 g/mol. The van der Waals surface area contributed by atoms with Crippen LogP contribution < -0.4 is 25.7 Å². The van der Waals surface area contributed by atoms with Gasteiger partial charge in [0.05, 0.1) is 29.8 Å². The summed E-state index contributed by atoms with van der Waals surface area (Å²) in [6, 6.07) is 12.6. The van der Waals surface area contributed by atoms with Crippen molar-refractivity contribution in [1.29, 1.82) is 5.26 Å². The number of nitrogens with one attached hydrogen (secondary N) is 2. The molecule has 0 aliphatic carbocycles. The van der Waals surface area contributed by atoms with Gasteiger partial charge in [0.25, 0.3) is 11.5 Å². The fraction of sp³-hybridized carbons (Fsp3) is 0.425. The Morgan fingerprint density at radius 2 is 1.74 bits per heavy atom. The van der Waals surface area contributed by atoms with Crippen molar-refractivity contribution in [2.24, 2.45) is 5.92 Å². The molecule has 0 atom stereocenters. The second kappa shape index (κ2) is 20.0. The third kappa shape index (κ3) is 10.7. The van der Waals surface area contributed by atoms with Crippen molar-refractivity contribution >= 4 is 51.8 Å². The monoisotopic (exact) mass is 761 g/mol. The van der Waals surface area contributed by atoms with Crippen molar-refractivity contribution in [1.82, 2.24) is 19.4 Å². The number of allylic oxidation sites excluding steroid dienone is 1. The van der Waals surface area contributed by atoms with Gasteiger partial charge >= 0.3 is 0 Å². The number of hydrogen-bond donors (Lipinski definition) is 2. The fourth-order valence-electron chi connectivity index (χ4n) is 5.90. The van der Waals surface area contributed by atoms with E-state index in [4.69, 9.17) is 37.7 Å². The van der Waals surface area contributed by atoms with E-state index in [0.717, 1.165) is 44.5 Å². The highest BCUT2D eigenvalue weighted by Crippen LogP contribution is 2.45. The van der Waals surface area contributed by atoms with Gasteiger partial charge in [-0.3, -0.25) is 14.2 Å². The predicted molar refractivity (Wildman–Crippen MR) is 214 cm³/mol. The van der Waals surface area contributed by atoms with Gasteiger partial charge in [-0.05, 0) is 81.4 Å². The van der Waals surface area contributed by atoms with Crippen LogP contribution in [-0.2, 0) is 17.8 Å². The Kier molecular flexibility index (Phi) is 15.5. The number of nitriles is 1. The molecule has 13 heteroatoms. The summed E-state index contributed by atoms with van der Waals surface area (Å²) in [5, 5.41) is 16.6. The van der Waals surface area contributed by atoms with Gasteiger partial charge in [0.2, 0.25) is 5.95 Å². The highest BCUT2D eigenvalue weighted by molar-refractivity contribution is 6.41. The van der Waals surface area contributed by atoms with Crippen LogP contribution in [0, 0.1) is 17.2 Å². The van der Waals surface area contributed by atoms with Crippen molar-refractivity contribution in [3.63, 3.8) is 0 Å². The molecule has 0 spiro atoms. The molecule has 4 rings (SSSR count). The van der Waals surface area contributed by atoms with Crippen LogP contribution >= 0.6 is 23.2 Å². The summed E-state index contributed by atoms with van der Waals surface area (Å²) in [7, 11) is 2.96. The van der Waals surface area contributed by atoms with Crippen LogP contribution in [0.4, 0.5) is 11.6 Å². The number of rotatable bonds is 19. The molecule has 11 nitrogen and oxygen atoms in total. The summed E-state index contributed by atoms with van der Waals surface area (Å²) in [4.78, 5) is 38.9. The molecule has 2 aromatic heterocycles. The highest BCUT2D eigenvalue weighted by Gasteiger charge is 2.23. The quantitative estimate of drug-likeness (QED) is 0.0549. The van der Waals surface area contributed by atoms with Crippen LogP contribution in [0.25, 0.3) is 22.2 Å². The lowest BCUT2D eigenvalue weighted by molar-refractivity contribution is -0.112. The largest absolute Gasteiger partial charge is 0.495 e. The number of carbonyl (C=O) groups excluding carboxylic acids is 1. The van der Waals surface area contributed by atoms with Crippen molar-refractivity contribution < 1.29 is 14.3 Å². The SMILES string of the molecule is CCN(CC)CCCCNc1ncc2cc(-c3c(Cl)c(OC)cc(OC)c3Cl)c(=O)n(CCc3ccc(NC(=O)/C(C#N)=C/CCC(C)C)cc3)c2n1. The lowest BCUT2D eigenvalue weighted by Crippen LogP contribution is -2.25. The number of amides is 1. The highest BCUT2D eigenvalue weighted by atomic mass is 35.5. The number of nitrogens with zero attached hydrogens (tertiary/aromatic N) is 5. The molecule has 2 aromatic carbocycles. The van der Waals surface area contributed by atoms with Crippen LogP contribution in [0.2, 0.25) is 10.0 Å². The van der Waals surface area contributed by atoms with Crippen LogP contribution in [0.15, 0.2) is 59.0 Å². The first kappa shape index (κ1) is 41.1. The number of ether oxygens (including phenoxy) is 2. The van der Waals surface area contributed by atoms with Crippen molar-refractivity contribution in [3.05, 3.63) is 80.2 Å². The number of methoxy groups -OCH3 is 2. The van der Waals surface area contributed by atoms with Gasteiger partial charge in [0.15, 0.2) is 0 Å². The van der Waals surface area contributed by atoms with Crippen LogP contribution in [0.1, 0.15) is 58.9 Å². The zero-order valence-corrected chi connectivity index (χ0v) is 32.9. The third-order valence-electron chi connectivity index (χ3n) is 9.04. The molecule has 0 aliphatic heterocycles. The fourth-order valence-corrected chi connectivity index (χ4v) is 6.60. The molecule has 0 bridgehead atoms. The molecule has 0 saturated carbocycles. The summed E-state index contributed by atoms with van der Waals surface area (Å²) < 4.78 is 12.6. The number of carbonyl (C=O) groups is 1.